The lowest BCUT2D eigenvalue weighted by atomic mass is 10.1. The van der Waals surface area contributed by atoms with Crippen molar-refractivity contribution in [2.45, 2.75) is 13.3 Å². The van der Waals surface area contributed by atoms with Crippen molar-refractivity contribution in [1.82, 2.24) is 0 Å². The smallest absolute Gasteiger partial charge is 0.331 e. The number of hydrogen-bond acceptors (Lipinski definition) is 5. The van der Waals surface area contributed by atoms with Crippen LogP contribution in [0, 0.1) is 0 Å². The van der Waals surface area contributed by atoms with Gasteiger partial charge in [-0.3, -0.25) is 14.5 Å². The minimum Gasteiger partial charge on any atom is -0.491 e. The number of para-hydroxylation sites is 2. The Morgan fingerprint density at radius 3 is 2.56 bits per heavy atom. The Morgan fingerprint density at radius 2 is 1.84 bits per heavy atom. The second kappa shape index (κ2) is 7.17. The fraction of sp³-hybridized carbons (Fsp3) is 0.211. The molecule has 0 bridgehead atoms. The van der Waals surface area contributed by atoms with E-state index in [0.717, 1.165) is 0 Å². The maximum Gasteiger partial charge on any atom is 0.331 e. The van der Waals surface area contributed by atoms with Crippen LogP contribution in [0.2, 0.25) is 0 Å². The van der Waals surface area contributed by atoms with E-state index in [1.165, 1.54) is 11.8 Å². The molecular weight excluding hydrogens is 322 g/mol. The fourth-order valence-electron chi connectivity index (χ4n) is 2.54. The lowest BCUT2D eigenvalue weighted by Crippen LogP contribution is -2.37. The van der Waals surface area contributed by atoms with E-state index in [1.54, 1.807) is 42.5 Å². The van der Waals surface area contributed by atoms with Gasteiger partial charge < -0.3 is 9.47 Å². The highest BCUT2D eigenvalue weighted by molar-refractivity contribution is 5.99. The molecule has 0 saturated carbocycles. The van der Waals surface area contributed by atoms with Crippen LogP contribution in [0.1, 0.15) is 23.7 Å². The van der Waals surface area contributed by atoms with Crippen molar-refractivity contribution in [2.24, 2.45) is 0 Å². The zero-order valence-corrected chi connectivity index (χ0v) is 13.7. The highest BCUT2D eigenvalue weighted by Gasteiger charge is 2.25. The van der Waals surface area contributed by atoms with Gasteiger partial charge in [-0.1, -0.05) is 12.1 Å². The Hall–Kier alpha value is -3.15. The molecule has 128 valence electrons. The molecule has 3 rings (SSSR count). The Balaban J connectivity index is 1.73. The number of anilines is 1. The number of rotatable bonds is 4. The number of carbonyl (C=O) groups is 3. The largest absolute Gasteiger partial charge is 0.491 e. The summed E-state index contributed by atoms with van der Waals surface area (Å²) < 4.78 is 10.8. The van der Waals surface area contributed by atoms with Crippen molar-refractivity contribution < 1.29 is 23.9 Å². The van der Waals surface area contributed by atoms with Crippen molar-refractivity contribution >= 4 is 23.3 Å². The SMILES string of the molecule is CC(=O)c1ccc(OC(=O)CN2C(=O)CCOc3ccccc32)cc1. The third kappa shape index (κ3) is 3.85. The van der Waals surface area contributed by atoms with Gasteiger partial charge in [0.1, 0.15) is 18.0 Å². The maximum absolute atomic E-state index is 12.3. The molecule has 6 nitrogen and oxygen atoms in total. The average Bonchev–Trinajstić information content (AvgIpc) is 2.75. The van der Waals surface area contributed by atoms with Gasteiger partial charge in [0.2, 0.25) is 5.91 Å². The topological polar surface area (TPSA) is 72.9 Å². The number of esters is 1. The number of amides is 1. The molecular formula is C19H17NO5. The first-order chi connectivity index (χ1) is 12.0. The van der Waals surface area contributed by atoms with Crippen molar-refractivity contribution in [3.8, 4) is 11.5 Å². The summed E-state index contributed by atoms with van der Waals surface area (Å²) >= 11 is 0. The summed E-state index contributed by atoms with van der Waals surface area (Å²) in [5, 5.41) is 0. The highest BCUT2D eigenvalue weighted by atomic mass is 16.5. The number of fused-ring (bicyclic) bond motifs is 1. The van der Waals surface area contributed by atoms with E-state index in [1.807, 2.05) is 6.07 Å². The molecule has 0 atom stereocenters. The number of Topliss-reactive ketones (excluding diaryl/α,β-unsaturated/α-hetero) is 1. The van der Waals surface area contributed by atoms with Crippen molar-refractivity contribution in [3.05, 3.63) is 54.1 Å². The van der Waals surface area contributed by atoms with Crippen LogP contribution in [-0.2, 0) is 9.59 Å². The monoisotopic (exact) mass is 339 g/mol. The molecule has 1 aliphatic rings. The van der Waals surface area contributed by atoms with Crippen molar-refractivity contribution in [2.75, 3.05) is 18.1 Å². The van der Waals surface area contributed by atoms with Gasteiger partial charge in [-0.15, -0.1) is 0 Å². The Kier molecular flexibility index (Phi) is 4.79. The zero-order valence-electron chi connectivity index (χ0n) is 13.7. The van der Waals surface area contributed by atoms with Gasteiger partial charge in [-0.2, -0.15) is 0 Å². The third-order valence-electron chi connectivity index (χ3n) is 3.81. The van der Waals surface area contributed by atoms with Gasteiger partial charge in [0, 0.05) is 5.56 Å². The van der Waals surface area contributed by atoms with Crippen LogP contribution < -0.4 is 14.4 Å². The molecule has 0 saturated heterocycles. The Labute approximate surface area is 145 Å². The number of ether oxygens (including phenoxy) is 2. The molecule has 2 aromatic carbocycles. The number of hydrogen-bond donors (Lipinski definition) is 0. The van der Waals surface area contributed by atoms with Gasteiger partial charge in [0.25, 0.3) is 0 Å². The molecule has 0 aliphatic carbocycles. The first-order valence-corrected chi connectivity index (χ1v) is 7.88. The van der Waals surface area contributed by atoms with Crippen LogP contribution in [-0.4, -0.2) is 30.8 Å². The second-order valence-corrected chi connectivity index (χ2v) is 5.60. The van der Waals surface area contributed by atoms with E-state index in [9.17, 15) is 14.4 Å². The summed E-state index contributed by atoms with van der Waals surface area (Å²) in [5.74, 6) is 0.0490. The predicted molar refractivity (Wildman–Crippen MR) is 91.0 cm³/mol. The molecule has 0 unspecified atom stereocenters. The molecule has 25 heavy (non-hydrogen) atoms. The number of benzene rings is 2. The van der Waals surface area contributed by atoms with Gasteiger partial charge in [-0.05, 0) is 43.3 Å². The summed E-state index contributed by atoms with van der Waals surface area (Å²) in [6.45, 7) is 1.52. The van der Waals surface area contributed by atoms with Gasteiger partial charge in [0.05, 0.1) is 18.7 Å². The van der Waals surface area contributed by atoms with E-state index >= 15 is 0 Å². The normalized spacial score (nSPS) is 13.5. The molecule has 1 aliphatic heterocycles. The summed E-state index contributed by atoms with van der Waals surface area (Å²) in [6.07, 6.45) is 0.190. The van der Waals surface area contributed by atoms with Crippen LogP contribution in [0.25, 0.3) is 0 Å². The molecule has 0 aromatic heterocycles. The lowest BCUT2D eigenvalue weighted by molar-refractivity contribution is -0.134. The Morgan fingerprint density at radius 1 is 1.12 bits per heavy atom. The fourth-order valence-corrected chi connectivity index (χ4v) is 2.54. The minimum atomic E-state index is -0.569. The van der Waals surface area contributed by atoms with E-state index in [4.69, 9.17) is 9.47 Å². The minimum absolute atomic E-state index is 0.0651. The number of nitrogens with zero attached hydrogens (tertiary/aromatic N) is 1. The molecule has 0 N–H and O–H groups in total. The quantitative estimate of drug-likeness (QED) is 0.486. The summed E-state index contributed by atoms with van der Waals surface area (Å²) in [5.41, 5.74) is 1.09. The Bertz CT molecular complexity index is 813. The van der Waals surface area contributed by atoms with E-state index < -0.39 is 5.97 Å². The lowest BCUT2D eigenvalue weighted by Gasteiger charge is -2.20. The van der Waals surface area contributed by atoms with Gasteiger partial charge in [0.15, 0.2) is 5.78 Å². The van der Waals surface area contributed by atoms with E-state index in [0.29, 0.717) is 22.7 Å². The van der Waals surface area contributed by atoms with Crippen LogP contribution >= 0.6 is 0 Å². The number of carbonyl (C=O) groups excluding carboxylic acids is 3. The molecule has 1 amide bonds. The average molecular weight is 339 g/mol. The predicted octanol–water partition coefficient (Wildman–Crippen LogP) is 2.61. The van der Waals surface area contributed by atoms with Crippen LogP contribution in [0.5, 0.6) is 11.5 Å². The van der Waals surface area contributed by atoms with Crippen LogP contribution in [0.3, 0.4) is 0 Å². The van der Waals surface area contributed by atoms with Crippen LogP contribution in [0.15, 0.2) is 48.5 Å². The zero-order chi connectivity index (χ0) is 17.8. The maximum atomic E-state index is 12.3. The van der Waals surface area contributed by atoms with Gasteiger partial charge in [-0.25, -0.2) is 4.79 Å². The molecule has 2 aromatic rings. The van der Waals surface area contributed by atoms with Gasteiger partial charge >= 0.3 is 5.97 Å². The molecule has 0 radical (unpaired) electrons. The van der Waals surface area contributed by atoms with Crippen LogP contribution in [0.4, 0.5) is 5.69 Å². The summed E-state index contributed by atoms with van der Waals surface area (Å²) in [4.78, 5) is 37.2. The van der Waals surface area contributed by atoms with Crippen molar-refractivity contribution in [1.29, 1.82) is 0 Å². The molecule has 0 fully saturated rings. The second-order valence-electron chi connectivity index (χ2n) is 5.60. The van der Waals surface area contributed by atoms with E-state index in [-0.39, 0.29) is 31.3 Å². The summed E-state index contributed by atoms with van der Waals surface area (Å²) in [7, 11) is 0. The third-order valence-corrected chi connectivity index (χ3v) is 3.81. The highest BCUT2D eigenvalue weighted by Crippen LogP contribution is 2.30. The molecule has 0 spiro atoms. The van der Waals surface area contributed by atoms with E-state index in [2.05, 4.69) is 0 Å². The molecule has 6 heteroatoms. The molecule has 1 heterocycles. The first kappa shape index (κ1) is 16.7. The summed E-state index contributed by atoms with van der Waals surface area (Å²) in [6, 6.07) is 13.4. The van der Waals surface area contributed by atoms with Crippen molar-refractivity contribution in [3.63, 3.8) is 0 Å². The standard InChI is InChI=1S/C19H17NO5/c1-13(21)14-6-8-15(9-7-14)25-19(23)12-20-16-4-2-3-5-17(16)24-11-10-18(20)22/h2-9H,10-12H2,1H3. The first-order valence-electron chi connectivity index (χ1n) is 7.88. The number of ketones is 1.